The van der Waals surface area contributed by atoms with Crippen molar-refractivity contribution < 1.29 is 150 Å². The summed E-state index contributed by atoms with van der Waals surface area (Å²) in [4.78, 5) is 171. The van der Waals surface area contributed by atoms with Crippen molar-refractivity contribution in [2.24, 2.45) is 21.7 Å². The van der Waals surface area contributed by atoms with E-state index in [1.54, 1.807) is 27.7 Å². The first-order valence-electron chi connectivity index (χ1n) is 46.6. The van der Waals surface area contributed by atoms with Gasteiger partial charge in [0.1, 0.15) is 25.4 Å². The van der Waals surface area contributed by atoms with Crippen molar-refractivity contribution in [1.82, 2.24) is 0 Å². The van der Waals surface area contributed by atoms with Crippen LogP contribution in [0.25, 0.3) is 0 Å². The van der Waals surface area contributed by atoms with Gasteiger partial charge in [-0.2, -0.15) is 0 Å². The molecule has 0 spiro atoms. The lowest BCUT2D eigenvalue weighted by Gasteiger charge is -2.36. The van der Waals surface area contributed by atoms with Crippen LogP contribution in [0, 0.1) is 21.7 Å². The van der Waals surface area contributed by atoms with E-state index in [1.807, 2.05) is 295 Å². The second kappa shape index (κ2) is 58.4. The number of carboxylic acids is 2. The molecule has 0 aromatic rings. The molecule has 0 saturated heterocycles. The van der Waals surface area contributed by atoms with E-state index in [4.69, 9.17) is 38.6 Å². The van der Waals surface area contributed by atoms with Gasteiger partial charge in [0, 0.05) is 25.7 Å². The van der Waals surface area contributed by atoms with Crippen molar-refractivity contribution in [2.75, 3.05) is 20.4 Å². The van der Waals surface area contributed by atoms with E-state index in [9.17, 15) is 102 Å². The monoisotopic (exact) mass is 1970 g/mol. The molecule has 4 aliphatic carbocycles. The van der Waals surface area contributed by atoms with Crippen LogP contribution >= 0.6 is 0 Å². The molecule has 6 aliphatic rings. The minimum atomic E-state index is -1.66. The first-order chi connectivity index (χ1) is 66.5. The maximum absolute atomic E-state index is 13.3. The van der Waals surface area contributed by atoms with Gasteiger partial charge in [0.15, 0.2) is 71.3 Å². The number of ether oxygens (including phenoxy) is 8. The van der Waals surface area contributed by atoms with Crippen LogP contribution in [0.5, 0.6) is 0 Å². The number of Topliss-reactive ketones (excluding diaryl/α,β-unsaturated/α-hetero) is 4. The zero-order valence-corrected chi connectivity index (χ0v) is 85.6. The minimum Gasteiger partial charge on any atom is -0.505 e. The predicted molar refractivity (Wildman–Crippen MR) is 534 cm³/mol. The summed E-state index contributed by atoms with van der Waals surface area (Å²) in [5, 5.41) is 75.9. The van der Waals surface area contributed by atoms with Crippen molar-refractivity contribution >= 4 is 82.8 Å². The standard InChI is InChI=1S/C60H72O20.C48H60O10.C2H6.CH3F/c1-33(17-13-19-35(3)21-23-39-37(5)49(67)43(29-59(39,7)8)77-47(65)27-25-45(63)75-31-41(61)55-51(69)53(71)57(73)79-55)15-11-12-16-34(2)18-14-20-36(4)22-24-40-38(6)50(68)44(30-60(40,9)10)78-48(66)28-26-46(64)76-32-42(62)56-52(70)54(72)58(74)80-56;1-31(17-13-19-33(3)21-23-37-35(5)45(55)39(29-47(37,7)8)57-43(53)27-25-41(49)50)15-11-12-16-32(2)18-14-20-34(4)22-24-38-36(6)46(56)40(30-48(38,9)10)58-44(54)28-26-42(51)52;2*1-2/h11-24,41-44,55-56,61-62,69-72H,25-32H2,1-10H3;11-24,39-40H,25-30H2,1-10H3,(H,49,50)(H,51,52);1-2H3;1H3/b12-11+,17-13+,18-14+,23-21+,24-22+,33-15+,34-16+,35-19+,36-20+;12-11+,17-13+,18-14+,23-21+,24-22+,31-15+,32-16+,33-19+,34-20+;;/t41-,42-,43?,44?,55+,56+;;;/m0.../s1. The first kappa shape index (κ1) is 122. The van der Waals surface area contributed by atoms with Crippen LogP contribution in [-0.2, 0) is 105 Å². The fraction of sp³-hybridized carbons (Fsp3) is 0.441. The highest BCUT2D eigenvalue weighted by Crippen LogP contribution is 2.45. The number of ketones is 4. The molecule has 4 unspecified atom stereocenters. The molecular formula is C111H141FO30. The van der Waals surface area contributed by atoms with E-state index in [0.29, 0.717) is 42.3 Å². The van der Waals surface area contributed by atoms with Gasteiger partial charge < -0.3 is 78.7 Å². The third-order valence-corrected chi connectivity index (χ3v) is 23.2. The van der Waals surface area contributed by atoms with E-state index in [2.05, 4.69) is 9.47 Å². The van der Waals surface area contributed by atoms with Gasteiger partial charge >= 0.3 is 59.7 Å². The zero-order chi connectivity index (χ0) is 108. The van der Waals surface area contributed by atoms with Crippen LogP contribution in [0.1, 0.15) is 229 Å². The average Bonchev–Trinajstić information content (AvgIpc) is 1.40. The molecule has 0 saturated carbocycles. The molecule has 0 radical (unpaired) electrons. The summed E-state index contributed by atoms with van der Waals surface area (Å²) in [5.74, 6) is -14.5. The molecule has 6 rings (SSSR count). The maximum Gasteiger partial charge on any atom is 0.377 e. The third kappa shape index (κ3) is 40.1. The van der Waals surface area contributed by atoms with Crippen LogP contribution in [0.15, 0.2) is 282 Å². The molecule has 772 valence electrons. The quantitative estimate of drug-likeness (QED) is 0.0160. The highest BCUT2D eigenvalue weighted by molar-refractivity contribution is 6.04. The number of aliphatic carboxylic acids is 2. The van der Waals surface area contributed by atoms with E-state index in [-0.39, 0.29) is 61.7 Å². The molecular weight excluding hydrogens is 1830 g/mol. The zero-order valence-electron chi connectivity index (χ0n) is 85.6. The second-order valence-corrected chi connectivity index (χ2v) is 37.1. The van der Waals surface area contributed by atoms with Gasteiger partial charge in [-0.1, -0.05) is 284 Å². The lowest BCUT2D eigenvalue weighted by atomic mass is 9.71. The number of allylic oxidation sites excluding steroid dienone is 40. The van der Waals surface area contributed by atoms with E-state index in [1.165, 1.54) is 0 Å². The molecule has 0 fully saturated rings. The Labute approximate surface area is 831 Å². The fourth-order valence-electron chi connectivity index (χ4n) is 15.3. The molecule has 0 aromatic heterocycles. The maximum atomic E-state index is 13.3. The largest absolute Gasteiger partial charge is 0.505 e. The van der Waals surface area contributed by atoms with Crippen molar-refractivity contribution in [3.8, 4) is 0 Å². The third-order valence-electron chi connectivity index (χ3n) is 23.2. The van der Waals surface area contributed by atoms with Crippen LogP contribution < -0.4 is 0 Å². The lowest BCUT2D eigenvalue weighted by molar-refractivity contribution is -0.160. The molecule has 2 heterocycles. The number of hydrogen-bond acceptors (Lipinski definition) is 28. The Bertz CT molecular complexity index is 5170. The number of cyclic esters (lactones) is 2. The highest BCUT2D eigenvalue weighted by Gasteiger charge is 2.46. The van der Waals surface area contributed by atoms with Crippen molar-refractivity contribution in [3.63, 3.8) is 0 Å². The van der Waals surface area contributed by atoms with Crippen LogP contribution in [0.4, 0.5) is 4.39 Å². The van der Waals surface area contributed by atoms with E-state index >= 15 is 0 Å². The molecule has 0 bridgehead atoms. The molecule has 2 aliphatic heterocycles. The topological polar surface area (TPSA) is 475 Å². The summed E-state index contributed by atoms with van der Waals surface area (Å²) in [6.07, 6.45) is 42.3. The molecule has 0 aromatic carbocycles. The van der Waals surface area contributed by atoms with Crippen LogP contribution in [0.2, 0.25) is 0 Å². The van der Waals surface area contributed by atoms with Crippen LogP contribution in [-0.4, -0.2) is 193 Å². The Hall–Kier alpha value is -13.8. The van der Waals surface area contributed by atoms with Crippen molar-refractivity contribution in [1.29, 1.82) is 0 Å². The molecule has 31 heteroatoms. The number of alkyl halides is 1. The Morgan fingerprint density at radius 1 is 0.331 bits per heavy atom. The number of aliphatic hydroxyl groups excluding tert-OH is 6. The van der Waals surface area contributed by atoms with Gasteiger partial charge in [-0.25, -0.2) is 9.59 Å². The molecule has 0 amide bonds. The van der Waals surface area contributed by atoms with Crippen molar-refractivity contribution in [2.45, 2.75) is 278 Å². The summed E-state index contributed by atoms with van der Waals surface area (Å²) in [5.41, 5.74) is 11.3. The second-order valence-electron chi connectivity index (χ2n) is 37.1. The van der Waals surface area contributed by atoms with Gasteiger partial charge in [-0.05, 0) is 149 Å². The van der Waals surface area contributed by atoms with Gasteiger partial charge in [-0.15, -0.1) is 0 Å². The highest BCUT2D eigenvalue weighted by atomic mass is 19.1. The number of aliphatic hydroxyl groups is 6. The van der Waals surface area contributed by atoms with E-state index in [0.717, 1.165) is 66.9 Å². The summed E-state index contributed by atoms with van der Waals surface area (Å²) < 4.78 is 50.2. The number of hydrogen-bond donors (Lipinski definition) is 8. The van der Waals surface area contributed by atoms with E-state index < -0.39 is 192 Å². The van der Waals surface area contributed by atoms with Crippen LogP contribution in [0.3, 0.4) is 0 Å². The Morgan fingerprint density at radius 3 is 0.718 bits per heavy atom. The Balaban J connectivity index is 0.000000740. The summed E-state index contributed by atoms with van der Waals surface area (Å²) in [6.45, 7) is 40.9. The number of carbonyl (C=O) groups is 14. The Morgan fingerprint density at radius 2 is 0.521 bits per heavy atom. The molecule has 8 N–H and O–H groups in total. The van der Waals surface area contributed by atoms with Gasteiger partial charge in [0.25, 0.3) is 0 Å². The van der Waals surface area contributed by atoms with Gasteiger partial charge in [0.05, 0.1) is 58.5 Å². The summed E-state index contributed by atoms with van der Waals surface area (Å²) in [7, 11) is 0.500. The summed E-state index contributed by atoms with van der Waals surface area (Å²) >= 11 is 0. The van der Waals surface area contributed by atoms with Gasteiger partial charge in [0.2, 0.25) is 11.5 Å². The minimum absolute atomic E-state index is 0.212. The first-order valence-corrected chi connectivity index (χ1v) is 46.6. The smallest absolute Gasteiger partial charge is 0.377 e. The van der Waals surface area contributed by atoms with Crippen molar-refractivity contribution in [3.05, 3.63) is 282 Å². The molecule has 30 nitrogen and oxygen atoms in total. The number of carbonyl (C=O) groups excluding carboxylic acids is 12. The number of esters is 8. The molecule has 8 atom stereocenters. The number of carboxylic acid groups (broad SMARTS) is 2. The molecule has 142 heavy (non-hydrogen) atoms. The number of rotatable bonds is 42. The van der Waals surface area contributed by atoms with Gasteiger partial charge in [-0.3, -0.25) is 61.9 Å². The summed E-state index contributed by atoms with van der Waals surface area (Å²) in [6, 6.07) is 0. The lowest BCUT2D eigenvalue weighted by Crippen LogP contribution is -2.39. The SMILES string of the molecule is CC.CC1=C(/C=C/C(C)=C/C=C/C(C)=C/C=C/C=C(C)/C=C/C=C(C)/C=C/C2=C(C)C(=O)C(OC(=O)CCC(=O)O)CC2(C)C)C(C)(C)CC(OC(=O)CCC(=O)O)C1=O.CC1=C(/C=C/C(C)=C/C=C/C(C)=C/C=C/C=C(C)/C=C/C=C(C)/C=C/C2=C(C)C(=O)C(OC(=O)CCC(=O)OC[C@H](O)[C@H]3OC(=O)C(O)=C3O)CC2(C)C)C(C)(C)CC(OC(=O)CCC(=O)OC[C@H](O)[C@H]2OC(=O)C(O)=C2O)C1=O.CF. The number of halogens is 1. The Kier molecular flexibility index (Phi) is 50.3. The predicted octanol–water partition coefficient (Wildman–Crippen LogP) is 19.2. The normalized spacial score (nSPS) is 21.7. The fourth-order valence-corrected chi connectivity index (χ4v) is 15.3. The average molecular weight is 1970 g/mol.